The van der Waals surface area contributed by atoms with Gasteiger partial charge in [-0.1, -0.05) is 29.8 Å². The molecule has 0 bridgehead atoms. The van der Waals surface area contributed by atoms with Crippen molar-refractivity contribution in [3.05, 3.63) is 34.9 Å². The van der Waals surface area contributed by atoms with Crippen LogP contribution in [0.15, 0.2) is 24.3 Å². The van der Waals surface area contributed by atoms with E-state index in [-0.39, 0.29) is 6.04 Å². The van der Waals surface area contributed by atoms with Gasteiger partial charge in [0.2, 0.25) is 0 Å². The van der Waals surface area contributed by atoms with E-state index < -0.39 is 0 Å². The molecule has 0 fully saturated rings. The number of ether oxygens (including phenoxy) is 1. The van der Waals surface area contributed by atoms with Gasteiger partial charge in [0.25, 0.3) is 0 Å². The van der Waals surface area contributed by atoms with Gasteiger partial charge >= 0.3 is 0 Å². The van der Waals surface area contributed by atoms with Gasteiger partial charge in [0.05, 0.1) is 6.61 Å². The Kier molecular flexibility index (Phi) is 4.22. The monoisotopic (exact) mass is 199 g/mol. The molecule has 1 unspecified atom stereocenters. The maximum atomic E-state index is 5.97. The molecule has 1 aromatic rings. The van der Waals surface area contributed by atoms with Crippen molar-refractivity contribution in [3.63, 3.8) is 0 Å². The normalized spacial score (nSPS) is 12.8. The Morgan fingerprint density at radius 3 is 2.77 bits per heavy atom. The molecule has 13 heavy (non-hydrogen) atoms. The zero-order valence-corrected chi connectivity index (χ0v) is 8.42. The highest BCUT2D eigenvalue weighted by atomic mass is 35.5. The van der Waals surface area contributed by atoms with Gasteiger partial charge in [0, 0.05) is 18.2 Å². The Morgan fingerprint density at radius 1 is 1.46 bits per heavy atom. The summed E-state index contributed by atoms with van der Waals surface area (Å²) >= 11 is 5.97. The minimum atomic E-state index is 0.0184. The van der Waals surface area contributed by atoms with E-state index in [0.717, 1.165) is 17.0 Å². The van der Waals surface area contributed by atoms with Crippen molar-refractivity contribution in [1.29, 1.82) is 0 Å². The quantitative estimate of drug-likeness (QED) is 0.804. The molecule has 72 valence electrons. The molecule has 1 rings (SSSR count). The number of hydrogen-bond donors (Lipinski definition) is 1. The van der Waals surface area contributed by atoms with Gasteiger partial charge in [-0.25, -0.2) is 0 Å². The van der Waals surface area contributed by atoms with E-state index in [1.807, 2.05) is 24.3 Å². The lowest BCUT2D eigenvalue weighted by molar-refractivity contribution is 0.180. The predicted octanol–water partition coefficient (Wildman–Crippen LogP) is 1.86. The van der Waals surface area contributed by atoms with Crippen LogP contribution in [0.25, 0.3) is 0 Å². The molecule has 0 aliphatic carbocycles. The van der Waals surface area contributed by atoms with E-state index in [9.17, 15) is 0 Å². The van der Waals surface area contributed by atoms with Crippen LogP contribution in [-0.2, 0) is 11.2 Å². The molecule has 0 aliphatic rings. The molecule has 1 atom stereocenters. The highest BCUT2D eigenvalue weighted by Crippen LogP contribution is 2.16. The molecular formula is C10H14ClNO. The van der Waals surface area contributed by atoms with Crippen molar-refractivity contribution in [3.8, 4) is 0 Å². The first kappa shape index (κ1) is 10.5. The van der Waals surface area contributed by atoms with Gasteiger partial charge in [-0.15, -0.1) is 0 Å². The van der Waals surface area contributed by atoms with Crippen LogP contribution in [0.3, 0.4) is 0 Å². The number of benzene rings is 1. The molecule has 2 N–H and O–H groups in total. The van der Waals surface area contributed by atoms with Crippen molar-refractivity contribution in [2.45, 2.75) is 12.5 Å². The zero-order valence-electron chi connectivity index (χ0n) is 7.66. The summed E-state index contributed by atoms with van der Waals surface area (Å²) in [4.78, 5) is 0. The second-order valence-corrected chi connectivity index (χ2v) is 3.42. The molecule has 3 heteroatoms. The van der Waals surface area contributed by atoms with E-state index in [4.69, 9.17) is 22.1 Å². The maximum absolute atomic E-state index is 5.97. The second kappa shape index (κ2) is 5.22. The predicted molar refractivity (Wildman–Crippen MR) is 55.0 cm³/mol. The molecule has 0 saturated heterocycles. The first-order chi connectivity index (χ1) is 6.24. The molecule has 0 heterocycles. The molecule has 0 spiro atoms. The smallest absolute Gasteiger partial charge is 0.0616 e. The van der Waals surface area contributed by atoms with Crippen LogP contribution in [0.5, 0.6) is 0 Å². The van der Waals surface area contributed by atoms with Crippen molar-refractivity contribution >= 4 is 11.6 Å². The second-order valence-electron chi connectivity index (χ2n) is 3.01. The van der Waals surface area contributed by atoms with Gasteiger partial charge in [-0.3, -0.25) is 0 Å². The van der Waals surface area contributed by atoms with Crippen molar-refractivity contribution < 1.29 is 4.74 Å². The van der Waals surface area contributed by atoms with Crippen molar-refractivity contribution in [2.24, 2.45) is 5.73 Å². The Labute approximate surface area is 83.6 Å². The summed E-state index contributed by atoms with van der Waals surface area (Å²) in [5.41, 5.74) is 6.88. The summed E-state index contributed by atoms with van der Waals surface area (Å²) in [5.74, 6) is 0. The Balaban J connectivity index is 2.58. The average Bonchev–Trinajstić information content (AvgIpc) is 2.09. The fourth-order valence-corrected chi connectivity index (χ4v) is 1.43. The number of rotatable bonds is 4. The Morgan fingerprint density at radius 2 is 2.15 bits per heavy atom. The minimum Gasteiger partial charge on any atom is -0.383 e. The van der Waals surface area contributed by atoms with Gasteiger partial charge < -0.3 is 10.5 Å². The third-order valence-corrected chi connectivity index (χ3v) is 2.19. The highest BCUT2D eigenvalue weighted by molar-refractivity contribution is 6.31. The summed E-state index contributed by atoms with van der Waals surface area (Å²) in [7, 11) is 1.65. The lowest BCUT2D eigenvalue weighted by Crippen LogP contribution is -2.28. The number of halogens is 1. The van der Waals surface area contributed by atoms with Crippen molar-refractivity contribution in [1.82, 2.24) is 0 Å². The van der Waals surface area contributed by atoms with Gasteiger partial charge in [0.1, 0.15) is 0 Å². The van der Waals surface area contributed by atoms with Crippen molar-refractivity contribution in [2.75, 3.05) is 13.7 Å². The molecular weight excluding hydrogens is 186 g/mol. The van der Waals surface area contributed by atoms with E-state index in [0.29, 0.717) is 6.61 Å². The van der Waals surface area contributed by atoms with E-state index in [1.165, 1.54) is 0 Å². The Hall–Kier alpha value is -0.570. The zero-order chi connectivity index (χ0) is 9.68. The number of methoxy groups -OCH3 is 1. The summed E-state index contributed by atoms with van der Waals surface area (Å²) < 4.78 is 4.95. The van der Waals surface area contributed by atoms with Crippen LogP contribution in [0, 0.1) is 0 Å². The molecule has 1 aromatic carbocycles. The minimum absolute atomic E-state index is 0.0184. The summed E-state index contributed by atoms with van der Waals surface area (Å²) in [6, 6.07) is 7.74. The van der Waals surface area contributed by atoms with E-state index in [1.54, 1.807) is 7.11 Å². The van der Waals surface area contributed by atoms with Crippen LogP contribution in [-0.4, -0.2) is 19.8 Å². The first-order valence-electron chi connectivity index (χ1n) is 4.22. The van der Waals surface area contributed by atoms with Crippen LogP contribution in [0.4, 0.5) is 0 Å². The van der Waals surface area contributed by atoms with E-state index >= 15 is 0 Å². The van der Waals surface area contributed by atoms with E-state index in [2.05, 4.69) is 0 Å². The standard InChI is InChI=1S/C10H14ClNO/c1-13-7-9(12)6-8-4-2-3-5-10(8)11/h2-5,9H,6-7,12H2,1H3. The van der Waals surface area contributed by atoms with Crippen LogP contribution in [0.2, 0.25) is 5.02 Å². The molecule has 0 amide bonds. The largest absolute Gasteiger partial charge is 0.383 e. The summed E-state index contributed by atoms with van der Waals surface area (Å²) in [5, 5.41) is 0.772. The topological polar surface area (TPSA) is 35.2 Å². The summed E-state index contributed by atoms with van der Waals surface area (Å²) in [6.07, 6.45) is 0.757. The van der Waals surface area contributed by atoms with Gasteiger partial charge in [-0.05, 0) is 18.1 Å². The lowest BCUT2D eigenvalue weighted by atomic mass is 10.1. The maximum Gasteiger partial charge on any atom is 0.0616 e. The third kappa shape index (κ3) is 3.35. The van der Waals surface area contributed by atoms with Crippen LogP contribution < -0.4 is 5.73 Å². The van der Waals surface area contributed by atoms with Crippen LogP contribution in [0.1, 0.15) is 5.56 Å². The molecule has 0 saturated carbocycles. The third-order valence-electron chi connectivity index (χ3n) is 1.82. The highest BCUT2D eigenvalue weighted by Gasteiger charge is 2.05. The lowest BCUT2D eigenvalue weighted by Gasteiger charge is -2.10. The molecule has 2 nitrogen and oxygen atoms in total. The number of hydrogen-bond acceptors (Lipinski definition) is 2. The average molecular weight is 200 g/mol. The number of nitrogens with two attached hydrogens (primary N) is 1. The van der Waals surface area contributed by atoms with Gasteiger partial charge in [0.15, 0.2) is 0 Å². The van der Waals surface area contributed by atoms with Crippen LogP contribution >= 0.6 is 11.6 Å². The molecule has 0 aliphatic heterocycles. The molecule has 0 aromatic heterocycles. The fourth-order valence-electron chi connectivity index (χ4n) is 1.22. The SMILES string of the molecule is COCC(N)Cc1ccccc1Cl. The fraction of sp³-hybridized carbons (Fsp3) is 0.400. The Bertz CT molecular complexity index is 265. The molecule has 0 radical (unpaired) electrons. The first-order valence-corrected chi connectivity index (χ1v) is 4.59. The summed E-state index contributed by atoms with van der Waals surface area (Å²) in [6.45, 7) is 0.561. The van der Waals surface area contributed by atoms with Gasteiger partial charge in [-0.2, -0.15) is 0 Å².